The van der Waals surface area contributed by atoms with Crippen molar-refractivity contribution in [2.24, 2.45) is 7.05 Å². The molecule has 0 fully saturated rings. The van der Waals surface area contributed by atoms with Gasteiger partial charge < -0.3 is 15.6 Å². The van der Waals surface area contributed by atoms with Crippen LogP contribution in [0, 0.1) is 13.8 Å². The predicted octanol–water partition coefficient (Wildman–Crippen LogP) is 3.59. The van der Waals surface area contributed by atoms with Gasteiger partial charge in [-0.15, -0.1) is 0 Å². The van der Waals surface area contributed by atoms with Crippen LogP contribution in [-0.4, -0.2) is 15.3 Å². The summed E-state index contributed by atoms with van der Waals surface area (Å²) in [4.78, 5) is 28.6. The van der Waals surface area contributed by atoms with Crippen LogP contribution >= 0.6 is 0 Å². The van der Waals surface area contributed by atoms with Gasteiger partial charge in [-0.25, -0.2) is 4.98 Å². The molecule has 0 aliphatic carbocycles. The molecule has 0 saturated carbocycles. The molecule has 0 unspecified atom stereocenters. The molecule has 0 bridgehead atoms. The van der Waals surface area contributed by atoms with Gasteiger partial charge in [-0.2, -0.15) is 0 Å². The second-order valence-corrected chi connectivity index (χ2v) is 6.62. The topological polar surface area (TPSA) is 90.0 Å². The van der Waals surface area contributed by atoms with Crippen molar-refractivity contribution in [3.63, 3.8) is 0 Å². The number of nitrogens with zero attached hydrogens (tertiary/aromatic N) is 2. The lowest BCUT2D eigenvalue weighted by molar-refractivity contribution is 0.101. The Morgan fingerprint density at radius 3 is 2.59 bits per heavy atom. The normalized spacial score (nSPS) is 10.7. The van der Waals surface area contributed by atoms with Gasteiger partial charge in [0.05, 0.1) is 5.69 Å². The van der Waals surface area contributed by atoms with Crippen LogP contribution in [0.1, 0.15) is 28.4 Å². The molecule has 27 heavy (non-hydrogen) atoms. The van der Waals surface area contributed by atoms with E-state index in [4.69, 9.17) is 5.73 Å². The smallest absolute Gasteiger partial charge is 0.293 e. The largest absolute Gasteiger partial charge is 0.398 e. The minimum atomic E-state index is -0.242. The molecule has 1 heterocycles. The van der Waals surface area contributed by atoms with Crippen LogP contribution in [0.25, 0.3) is 11.3 Å². The molecule has 1 aromatic heterocycles. The van der Waals surface area contributed by atoms with E-state index in [2.05, 4.69) is 10.3 Å². The van der Waals surface area contributed by atoms with E-state index >= 15 is 0 Å². The average molecular weight is 362 g/mol. The zero-order valence-corrected chi connectivity index (χ0v) is 15.8. The lowest BCUT2D eigenvalue weighted by Gasteiger charge is -2.13. The number of aryl methyl sites for hydroxylation is 2. The van der Waals surface area contributed by atoms with Crippen molar-refractivity contribution in [2.75, 3.05) is 11.1 Å². The van der Waals surface area contributed by atoms with Gasteiger partial charge in [0.25, 0.3) is 5.56 Å². The number of hydrogen-bond donors (Lipinski definition) is 2. The van der Waals surface area contributed by atoms with Gasteiger partial charge in [-0.1, -0.05) is 12.1 Å². The summed E-state index contributed by atoms with van der Waals surface area (Å²) in [6.07, 6.45) is 1.69. The van der Waals surface area contributed by atoms with Crippen molar-refractivity contribution in [1.82, 2.24) is 9.55 Å². The third-order valence-corrected chi connectivity index (χ3v) is 4.59. The molecule has 0 aliphatic heterocycles. The number of rotatable bonds is 4. The maximum absolute atomic E-state index is 12.5. The first-order valence-electron chi connectivity index (χ1n) is 8.59. The van der Waals surface area contributed by atoms with Crippen molar-refractivity contribution in [1.29, 1.82) is 0 Å². The molecule has 6 heteroatoms. The standard InChI is InChI=1S/C21H22N4O2/c1-12-10-15(8-9-16(12)14(3)26)23-20-21(27)25(4)11-19(24-20)17-6-5-7-18(22)13(17)2/h5-11H,22H2,1-4H3,(H,23,24). The number of anilines is 3. The van der Waals surface area contributed by atoms with Gasteiger partial charge in [0, 0.05) is 35.7 Å². The first kappa shape index (κ1) is 18.4. The number of aromatic nitrogens is 2. The molecule has 3 rings (SSSR count). The number of nitrogens with one attached hydrogen (secondary N) is 1. The predicted molar refractivity (Wildman–Crippen MR) is 109 cm³/mol. The van der Waals surface area contributed by atoms with E-state index in [0.717, 1.165) is 16.7 Å². The van der Waals surface area contributed by atoms with Gasteiger partial charge in [0.1, 0.15) is 0 Å². The summed E-state index contributed by atoms with van der Waals surface area (Å²) < 4.78 is 1.49. The summed E-state index contributed by atoms with van der Waals surface area (Å²) in [7, 11) is 1.68. The Kier molecular flexibility index (Phi) is 4.81. The lowest BCUT2D eigenvalue weighted by Crippen LogP contribution is -2.21. The number of carbonyl (C=O) groups excluding carboxylic acids is 1. The van der Waals surface area contributed by atoms with Crippen LogP contribution < -0.4 is 16.6 Å². The van der Waals surface area contributed by atoms with E-state index in [-0.39, 0.29) is 17.2 Å². The third-order valence-electron chi connectivity index (χ3n) is 4.59. The minimum absolute atomic E-state index is 0.00669. The Morgan fingerprint density at radius 1 is 1.19 bits per heavy atom. The van der Waals surface area contributed by atoms with E-state index in [1.165, 1.54) is 11.5 Å². The van der Waals surface area contributed by atoms with Crippen LogP contribution in [0.4, 0.5) is 17.2 Å². The van der Waals surface area contributed by atoms with Gasteiger partial charge in [0.15, 0.2) is 11.6 Å². The fourth-order valence-electron chi connectivity index (χ4n) is 3.02. The Balaban J connectivity index is 2.05. The van der Waals surface area contributed by atoms with Crippen molar-refractivity contribution in [3.8, 4) is 11.3 Å². The fraction of sp³-hybridized carbons (Fsp3) is 0.190. The van der Waals surface area contributed by atoms with Crippen molar-refractivity contribution in [2.45, 2.75) is 20.8 Å². The number of nitrogen functional groups attached to an aromatic ring is 1. The van der Waals surface area contributed by atoms with Crippen molar-refractivity contribution < 1.29 is 4.79 Å². The summed E-state index contributed by atoms with van der Waals surface area (Å²) in [6, 6.07) is 11.0. The molecule has 0 atom stereocenters. The molecular formula is C21H22N4O2. The first-order valence-corrected chi connectivity index (χ1v) is 8.59. The monoisotopic (exact) mass is 362 g/mol. The highest BCUT2D eigenvalue weighted by Crippen LogP contribution is 2.26. The maximum Gasteiger partial charge on any atom is 0.293 e. The number of nitrogens with two attached hydrogens (primary N) is 1. The molecule has 3 N–H and O–H groups in total. The van der Waals surface area contributed by atoms with E-state index in [1.807, 2.05) is 38.1 Å². The maximum atomic E-state index is 12.5. The average Bonchev–Trinajstić information content (AvgIpc) is 2.61. The highest BCUT2D eigenvalue weighted by atomic mass is 16.1. The highest BCUT2D eigenvalue weighted by molar-refractivity contribution is 5.96. The zero-order chi connectivity index (χ0) is 19.7. The van der Waals surface area contributed by atoms with E-state index in [1.54, 1.807) is 25.4 Å². The summed E-state index contributed by atoms with van der Waals surface area (Å²) in [5, 5.41) is 3.08. The number of hydrogen-bond acceptors (Lipinski definition) is 5. The Bertz CT molecular complexity index is 1100. The van der Waals surface area contributed by atoms with Gasteiger partial charge in [-0.3, -0.25) is 9.59 Å². The quantitative estimate of drug-likeness (QED) is 0.547. The van der Waals surface area contributed by atoms with Crippen LogP contribution in [0.3, 0.4) is 0 Å². The van der Waals surface area contributed by atoms with Crippen molar-refractivity contribution >= 4 is 23.0 Å². The molecule has 0 spiro atoms. The lowest BCUT2D eigenvalue weighted by atomic mass is 10.0. The molecular weight excluding hydrogens is 340 g/mol. The number of benzene rings is 2. The van der Waals surface area contributed by atoms with Gasteiger partial charge in [-0.05, 0) is 56.2 Å². The Morgan fingerprint density at radius 2 is 1.93 bits per heavy atom. The Hall–Kier alpha value is -3.41. The van der Waals surface area contributed by atoms with E-state index in [9.17, 15) is 9.59 Å². The summed E-state index contributed by atoms with van der Waals surface area (Å²) in [6.45, 7) is 5.32. The van der Waals surface area contributed by atoms with Gasteiger partial charge >= 0.3 is 0 Å². The SMILES string of the molecule is CC(=O)c1ccc(Nc2nc(-c3cccc(N)c3C)cn(C)c2=O)cc1C. The van der Waals surface area contributed by atoms with Crippen molar-refractivity contribution in [3.05, 3.63) is 69.6 Å². The van der Waals surface area contributed by atoms with Crippen LogP contribution in [0.15, 0.2) is 47.4 Å². The van der Waals surface area contributed by atoms with Gasteiger partial charge in [0.2, 0.25) is 0 Å². The number of carbonyl (C=O) groups is 1. The number of ketones is 1. The molecule has 0 aliphatic rings. The molecule has 0 radical (unpaired) electrons. The molecule has 0 saturated heterocycles. The second-order valence-electron chi connectivity index (χ2n) is 6.62. The molecule has 2 aromatic carbocycles. The molecule has 0 amide bonds. The molecule has 3 aromatic rings. The first-order chi connectivity index (χ1) is 12.8. The molecule has 6 nitrogen and oxygen atoms in total. The summed E-state index contributed by atoms with van der Waals surface area (Å²) in [5.41, 5.74) is 11.1. The fourth-order valence-corrected chi connectivity index (χ4v) is 3.02. The third kappa shape index (κ3) is 3.60. The summed E-state index contributed by atoms with van der Waals surface area (Å²) in [5.74, 6) is 0.221. The van der Waals surface area contributed by atoms with E-state index in [0.29, 0.717) is 22.6 Å². The summed E-state index contributed by atoms with van der Waals surface area (Å²) >= 11 is 0. The number of Topliss-reactive ketones (excluding diaryl/α,β-unsaturated/α-hetero) is 1. The van der Waals surface area contributed by atoms with Crippen LogP contribution in [0.5, 0.6) is 0 Å². The molecule has 138 valence electrons. The highest BCUT2D eigenvalue weighted by Gasteiger charge is 2.12. The van der Waals surface area contributed by atoms with Crippen LogP contribution in [-0.2, 0) is 7.05 Å². The van der Waals surface area contributed by atoms with Crippen LogP contribution in [0.2, 0.25) is 0 Å². The Labute approximate surface area is 157 Å². The minimum Gasteiger partial charge on any atom is -0.398 e. The van der Waals surface area contributed by atoms with E-state index < -0.39 is 0 Å². The second kappa shape index (κ2) is 7.07. The zero-order valence-electron chi connectivity index (χ0n) is 15.8.